The van der Waals surface area contributed by atoms with E-state index in [0.717, 1.165) is 0 Å². The highest BCUT2D eigenvalue weighted by Crippen LogP contribution is 2.03. The Morgan fingerprint density at radius 1 is 1.91 bits per heavy atom. The lowest BCUT2D eigenvalue weighted by atomic mass is 10.3. The Labute approximate surface area is 68.9 Å². The third kappa shape index (κ3) is 5.51. The summed E-state index contributed by atoms with van der Waals surface area (Å²) in [5, 5.41) is 2.73. The molecule has 0 rings (SSSR count). The normalized spacial score (nSPS) is 11.5. The van der Waals surface area contributed by atoms with Gasteiger partial charge in [0.1, 0.15) is 0 Å². The standard InChI is InChI=1S/C5H8ClN3O2/c1-11-5(10)2-4(6)3-8-9-7/h4H,2-3H2,1H3. The van der Waals surface area contributed by atoms with Crippen LogP contribution in [-0.4, -0.2) is 25.0 Å². The predicted octanol–water partition coefficient (Wildman–Crippen LogP) is 1.47. The predicted molar refractivity (Wildman–Crippen MR) is 40.3 cm³/mol. The van der Waals surface area contributed by atoms with Gasteiger partial charge < -0.3 is 4.74 Å². The van der Waals surface area contributed by atoms with E-state index >= 15 is 0 Å². The van der Waals surface area contributed by atoms with Crippen LogP contribution in [0, 0.1) is 0 Å². The van der Waals surface area contributed by atoms with Crippen molar-refractivity contribution < 1.29 is 9.53 Å². The van der Waals surface area contributed by atoms with Crippen LogP contribution in [0.5, 0.6) is 0 Å². The molecule has 0 bridgehead atoms. The Morgan fingerprint density at radius 3 is 3.00 bits per heavy atom. The largest absolute Gasteiger partial charge is 0.469 e. The van der Waals surface area contributed by atoms with Crippen LogP contribution in [0.3, 0.4) is 0 Å². The summed E-state index contributed by atoms with van der Waals surface area (Å²) >= 11 is 5.57. The average molecular weight is 178 g/mol. The summed E-state index contributed by atoms with van der Waals surface area (Å²) in [5.41, 5.74) is 7.89. The van der Waals surface area contributed by atoms with Crippen molar-refractivity contribution >= 4 is 17.6 Å². The Hall–Kier alpha value is -0.930. The molecular weight excluding hydrogens is 170 g/mol. The molecule has 0 N–H and O–H groups in total. The number of carbonyl (C=O) groups is 1. The minimum atomic E-state index is -0.474. The highest BCUT2D eigenvalue weighted by Gasteiger charge is 2.09. The van der Waals surface area contributed by atoms with Gasteiger partial charge in [-0.25, -0.2) is 0 Å². The van der Waals surface area contributed by atoms with Crippen molar-refractivity contribution in [1.29, 1.82) is 0 Å². The van der Waals surface area contributed by atoms with E-state index in [1.54, 1.807) is 0 Å². The summed E-state index contributed by atoms with van der Waals surface area (Å²) in [4.78, 5) is 13.0. The van der Waals surface area contributed by atoms with Gasteiger partial charge in [0.05, 0.1) is 13.5 Å². The molecule has 1 unspecified atom stereocenters. The van der Waals surface area contributed by atoms with Crippen molar-refractivity contribution in [3.8, 4) is 0 Å². The minimum Gasteiger partial charge on any atom is -0.469 e. The summed E-state index contributed by atoms with van der Waals surface area (Å²) in [6.07, 6.45) is 0.0665. The topological polar surface area (TPSA) is 75.1 Å². The molecule has 11 heavy (non-hydrogen) atoms. The summed E-state index contributed by atoms with van der Waals surface area (Å²) in [7, 11) is 1.28. The molecule has 0 aliphatic heterocycles. The lowest BCUT2D eigenvalue weighted by Gasteiger charge is -2.02. The molecule has 1 atom stereocenters. The monoisotopic (exact) mass is 177 g/mol. The van der Waals surface area contributed by atoms with E-state index in [9.17, 15) is 4.79 Å². The number of hydrogen-bond donors (Lipinski definition) is 0. The van der Waals surface area contributed by atoms with Crippen LogP contribution in [0.15, 0.2) is 5.11 Å². The summed E-state index contributed by atoms with van der Waals surface area (Å²) in [6, 6.07) is 0. The first-order valence-electron chi connectivity index (χ1n) is 2.92. The molecule has 0 saturated heterocycles. The number of methoxy groups -OCH3 is 1. The van der Waals surface area contributed by atoms with E-state index in [0.29, 0.717) is 0 Å². The zero-order chi connectivity index (χ0) is 8.69. The van der Waals surface area contributed by atoms with Crippen molar-refractivity contribution in [2.45, 2.75) is 11.8 Å². The van der Waals surface area contributed by atoms with Crippen molar-refractivity contribution in [2.75, 3.05) is 13.7 Å². The number of nitrogens with zero attached hydrogens (tertiary/aromatic N) is 3. The van der Waals surface area contributed by atoms with Crippen LogP contribution >= 0.6 is 11.6 Å². The smallest absolute Gasteiger partial charge is 0.307 e. The molecule has 0 spiro atoms. The fourth-order valence-corrected chi connectivity index (χ4v) is 0.642. The van der Waals surface area contributed by atoms with E-state index in [-0.39, 0.29) is 13.0 Å². The molecular formula is C5H8ClN3O2. The Bertz CT molecular complexity index is 179. The maximum absolute atomic E-state index is 10.5. The molecule has 0 radical (unpaired) electrons. The summed E-state index contributed by atoms with van der Waals surface area (Å²) in [5.74, 6) is -0.405. The van der Waals surface area contributed by atoms with Crippen molar-refractivity contribution in [2.24, 2.45) is 5.11 Å². The number of hydrogen-bond acceptors (Lipinski definition) is 3. The van der Waals surface area contributed by atoms with Gasteiger partial charge >= 0.3 is 5.97 Å². The molecule has 0 amide bonds. The van der Waals surface area contributed by atoms with Crippen LogP contribution in [0.4, 0.5) is 0 Å². The van der Waals surface area contributed by atoms with Gasteiger partial charge in [-0.2, -0.15) is 0 Å². The zero-order valence-corrected chi connectivity index (χ0v) is 6.78. The number of halogens is 1. The number of ether oxygens (including phenoxy) is 1. The minimum absolute atomic E-state index is 0.0665. The Kier molecular flexibility index (Phi) is 5.33. The van der Waals surface area contributed by atoms with Crippen molar-refractivity contribution in [3.63, 3.8) is 0 Å². The first-order valence-corrected chi connectivity index (χ1v) is 3.36. The van der Waals surface area contributed by atoms with Gasteiger partial charge in [-0.1, -0.05) is 5.11 Å². The van der Waals surface area contributed by atoms with Gasteiger partial charge in [0.25, 0.3) is 0 Å². The Balaban J connectivity index is 3.59. The van der Waals surface area contributed by atoms with Gasteiger partial charge in [-0.05, 0) is 5.53 Å². The summed E-state index contributed by atoms with van der Waals surface area (Å²) in [6.45, 7) is 0.104. The number of carbonyl (C=O) groups excluding carboxylic acids is 1. The number of esters is 1. The molecule has 0 aromatic rings. The van der Waals surface area contributed by atoms with E-state index in [4.69, 9.17) is 17.1 Å². The molecule has 0 aliphatic carbocycles. The van der Waals surface area contributed by atoms with Crippen LogP contribution in [-0.2, 0) is 9.53 Å². The first-order chi connectivity index (χ1) is 5.20. The molecule has 0 saturated carbocycles. The second kappa shape index (κ2) is 5.82. The van der Waals surface area contributed by atoms with E-state index in [1.807, 2.05) is 0 Å². The summed E-state index contributed by atoms with van der Waals surface area (Å²) < 4.78 is 4.34. The lowest BCUT2D eigenvalue weighted by Crippen LogP contribution is -2.11. The number of azide groups is 1. The quantitative estimate of drug-likeness (QED) is 0.214. The fraction of sp³-hybridized carbons (Fsp3) is 0.800. The lowest BCUT2D eigenvalue weighted by molar-refractivity contribution is -0.140. The van der Waals surface area contributed by atoms with E-state index in [2.05, 4.69) is 14.8 Å². The maximum Gasteiger partial charge on any atom is 0.307 e. The molecule has 0 heterocycles. The molecule has 0 aliphatic rings. The van der Waals surface area contributed by atoms with Gasteiger partial charge in [0, 0.05) is 16.8 Å². The van der Waals surface area contributed by atoms with E-state index in [1.165, 1.54) is 7.11 Å². The third-order valence-electron chi connectivity index (χ3n) is 0.959. The van der Waals surface area contributed by atoms with Crippen molar-refractivity contribution in [1.82, 2.24) is 0 Å². The van der Waals surface area contributed by atoms with Gasteiger partial charge in [-0.3, -0.25) is 4.79 Å². The van der Waals surface area contributed by atoms with Crippen LogP contribution in [0.25, 0.3) is 10.4 Å². The highest BCUT2D eigenvalue weighted by atomic mass is 35.5. The van der Waals surface area contributed by atoms with Crippen LogP contribution in [0.2, 0.25) is 0 Å². The SMILES string of the molecule is COC(=O)CC(Cl)CN=[N+]=[N-]. The molecule has 0 aromatic carbocycles. The van der Waals surface area contributed by atoms with E-state index < -0.39 is 11.3 Å². The third-order valence-corrected chi connectivity index (χ3v) is 1.25. The second-order valence-corrected chi connectivity index (χ2v) is 2.41. The maximum atomic E-state index is 10.5. The zero-order valence-electron chi connectivity index (χ0n) is 6.03. The van der Waals surface area contributed by atoms with Crippen molar-refractivity contribution in [3.05, 3.63) is 10.4 Å². The average Bonchev–Trinajstić information content (AvgIpc) is 2.00. The van der Waals surface area contributed by atoms with Gasteiger partial charge in [0.15, 0.2) is 0 Å². The molecule has 62 valence electrons. The molecule has 5 nitrogen and oxygen atoms in total. The Morgan fingerprint density at radius 2 is 2.55 bits per heavy atom. The molecule has 0 aromatic heterocycles. The highest BCUT2D eigenvalue weighted by molar-refractivity contribution is 6.21. The molecule has 6 heteroatoms. The second-order valence-electron chi connectivity index (χ2n) is 1.79. The van der Waals surface area contributed by atoms with Gasteiger partial charge in [0.2, 0.25) is 0 Å². The number of alkyl halides is 1. The molecule has 0 fully saturated rings. The fourth-order valence-electron chi connectivity index (χ4n) is 0.454. The van der Waals surface area contributed by atoms with Gasteiger partial charge in [-0.15, -0.1) is 11.6 Å². The van der Waals surface area contributed by atoms with Crippen LogP contribution in [0.1, 0.15) is 6.42 Å². The first kappa shape index (κ1) is 10.1. The van der Waals surface area contributed by atoms with Crippen LogP contribution < -0.4 is 0 Å². The number of rotatable bonds is 4.